The molecule has 29 heavy (non-hydrogen) atoms. The van der Waals surface area contributed by atoms with Crippen LogP contribution in [0.1, 0.15) is 46.0 Å². The molecule has 2 saturated carbocycles. The molecule has 0 spiro atoms. The number of rotatable bonds is 4. The van der Waals surface area contributed by atoms with E-state index in [0.29, 0.717) is 25.8 Å². The Labute approximate surface area is 174 Å². The fourth-order valence-electron chi connectivity index (χ4n) is 4.20. The van der Waals surface area contributed by atoms with Gasteiger partial charge in [0.1, 0.15) is 18.5 Å². The van der Waals surface area contributed by atoms with Crippen molar-refractivity contribution in [2.75, 3.05) is 6.54 Å². The summed E-state index contributed by atoms with van der Waals surface area (Å²) < 4.78 is 41.2. The minimum Gasteiger partial charge on any atom is -0.339 e. The van der Waals surface area contributed by atoms with E-state index in [0.717, 1.165) is 0 Å². The number of hydrogen-bond donors (Lipinski definition) is 4. The highest BCUT2D eigenvalue weighted by Crippen LogP contribution is 2.34. The van der Waals surface area contributed by atoms with Crippen LogP contribution < -0.4 is 21.5 Å². The molecule has 1 amide bonds. The number of alkyl halides is 4. The summed E-state index contributed by atoms with van der Waals surface area (Å²) in [6, 6.07) is 0.0242. The molecule has 0 aromatic carbocycles. The van der Waals surface area contributed by atoms with E-state index in [1.54, 1.807) is 0 Å². The Hall–Kier alpha value is -1.06. The average molecular weight is 438 g/mol. The molecule has 1 saturated heterocycles. The van der Waals surface area contributed by atoms with Gasteiger partial charge in [0.15, 0.2) is 5.96 Å². The lowest BCUT2D eigenvalue weighted by Gasteiger charge is -2.33. The van der Waals surface area contributed by atoms with Crippen molar-refractivity contribution < 1.29 is 18.0 Å². The first-order valence-electron chi connectivity index (χ1n) is 10.4. The van der Waals surface area contributed by atoms with Crippen LogP contribution in [0.2, 0.25) is 0 Å². The molecule has 10 heteroatoms. The lowest BCUT2D eigenvalue weighted by Crippen LogP contribution is -2.54. The van der Waals surface area contributed by atoms with Gasteiger partial charge >= 0.3 is 0 Å². The Morgan fingerprint density at radius 1 is 1.10 bits per heavy atom. The van der Waals surface area contributed by atoms with Gasteiger partial charge in [-0.2, -0.15) is 0 Å². The van der Waals surface area contributed by atoms with Gasteiger partial charge in [-0.15, -0.1) is 11.6 Å². The molecule has 3 aliphatic rings. The quantitative estimate of drug-likeness (QED) is 0.309. The van der Waals surface area contributed by atoms with Crippen molar-refractivity contribution in [3.63, 3.8) is 0 Å². The van der Waals surface area contributed by atoms with Gasteiger partial charge in [-0.05, 0) is 38.0 Å². The van der Waals surface area contributed by atoms with Crippen molar-refractivity contribution in [2.24, 2.45) is 22.7 Å². The van der Waals surface area contributed by atoms with Crippen LogP contribution in [-0.2, 0) is 4.79 Å². The summed E-state index contributed by atoms with van der Waals surface area (Å²) in [4.78, 5) is 17.1. The van der Waals surface area contributed by atoms with E-state index in [1.807, 2.05) is 13.8 Å². The molecule has 8 atom stereocenters. The van der Waals surface area contributed by atoms with Crippen LogP contribution in [0.3, 0.4) is 0 Å². The van der Waals surface area contributed by atoms with E-state index >= 15 is 0 Å². The minimum absolute atomic E-state index is 0.0242. The molecule has 3 rings (SSSR count). The molecule has 0 aromatic rings. The number of carbonyl (C=O) groups is 1. The Morgan fingerprint density at radius 3 is 2.55 bits per heavy atom. The first-order valence-corrected chi connectivity index (χ1v) is 10.9. The lowest BCUT2D eigenvalue weighted by atomic mass is 9.83. The largest absolute Gasteiger partial charge is 0.339 e. The number of halogens is 4. The van der Waals surface area contributed by atoms with Crippen LogP contribution in [0.5, 0.6) is 0 Å². The maximum absolute atomic E-state index is 14.1. The maximum Gasteiger partial charge on any atom is 0.229 e. The van der Waals surface area contributed by atoms with Crippen molar-refractivity contribution in [2.45, 2.75) is 82.1 Å². The number of hydrogen-bond acceptors (Lipinski definition) is 4. The first kappa shape index (κ1) is 22.6. The molecule has 0 bridgehead atoms. The zero-order valence-corrected chi connectivity index (χ0v) is 17.6. The lowest BCUT2D eigenvalue weighted by molar-refractivity contribution is -0.125. The number of fused-ring (bicyclic) bond motifs is 1. The van der Waals surface area contributed by atoms with E-state index in [-0.39, 0.29) is 48.8 Å². The van der Waals surface area contributed by atoms with Crippen molar-refractivity contribution in [1.29, 1.82) is 0 Å². The summed E-state index contributed by atoms with van der Waals surface area (Å²) in [6.45, 7) is 4.48. The first-order chi connectivity index (χ1) is 13.7. The average Bonchev–Trinajstić information content (AvgIpc) is 3.03. The molecule has 6 nitrogen and oxygen atoms in total. The molecule has 1 aliphatic heterocycles. The van der Waals surface area contributed by atoms with Gasteiger partial charge in [-0.3, -0.25) is 20.5 Å². The number of nitrogens with zero attached hydrogens (tertiary/aromatic N) is 1. The summed E-state index contributed by atoms with van der Waals surface area (Å²) in [7, 11) is 0. The number of hydrazine groups is 1. The molecule has 1 heterocycles. The molecule has 2 aliphatic carbocycles. The summed E-state index contributed by atoms with van der Waals surface area (Å²) >= 11 is 6.05. The van der Waals surface area contributed by atoms with Crippen molar-refractivity contribution in [3.8, 4) is 0 Å². The van der Waals surface area contributed by atoms with E-state index in [9.17, 15) is 18.0 Å². The summed E-state index contributed by atoms with van der Waals surface area (Å²) in [5.41, 5.74) is 6.23. The van der Waals surface area contributed by atoms with Gasteiger partial charge in [-0.25, -0.2) is 18.6 Å². The monoisotopic (exact) mass is 437 g/mol. The Balaban J connectivity index is 1.63. The van der Waals surface area contributed by atoms with Crippen molar-refractivity contribution in [3.05, 3.63) is 0 Å². The number of aliphatic imine (C=N–C) groups is 1. The zero-order chi connectivity index (χ0) is 21.1. The van der Waals surface area contributed by atoms with Crippen LogP contribution in [0.15, 0.2) is 4.99 Å². The summed E-state index contributed by atoms with van der Waals surface area (Å²) in [6.07, 6.45) is -3.51. The fraction of sp³-hybridized carbons (Fsp3) is 0.895. The summed E-state index contributed by atoms with van der Waals surface area (Å²) in [5, 5.41) is 5.39. The van der Waals surface area contributed by atoms with Crippen molar-refractivity contribution >= 4 is 23.5 Å². The smallest absolute Gasteiger partial charge is 0.229 e. The molecular weight excluding hydrogens is 407 g/mol. The molecule has 166 valence electrons. The van der Waals surface area contributed by atoms with E-state index in [2.05, 4.69) is 26.5 Å². The fourth-order valence-corrected chi connectivity index (χ4v) is 4.49. The van der Waals surface area contributed by atoms with Gasteiger partial charge < -0.3 is 5.32 Å². The highest BCUT2D eigenvalue weighted by molar-refractivity contribution is 6.21. The molecular formula is C19H31ClF3N5O. The zero-order valence-electron chi connectivity index (χ0n) is 16.8. The normalized spacial score (nSPS) is 40.6. The third-order valence-electron chi connectivity index (χ3n) is 5.95. The molecule has 0 aromatic heterocycles. The second-order valence-electron chi connectivity index (χ2n) is 8.80. The number of amides is 1. The predicted octanol–water partition coefficient (Wildman–Crippen LogP) is 2.34. The van der Waals surface area contributed by atoms with Crippen LogP contribution in [-0.4, -0.2) is 54.5 Å². The van der Waals surface area contributed by atoms with E-state index < -0.39 is 29.8 Å². The third kappa shape index (κ3) is 5.76. The molecule has 0 radical (unpaired) electrons. The maximum atomic E-state index is 14.1. The van der Waals surface area contributed by atoms with Crippen LogP contribution in [0.4, 0.5) is 13.2 Å². The Bertz CT molecular complexity index is 610. The second-order valence-corrected chi connectivity index (χ2v) is 9.36. The molecule has 4 N–H and O–H groups in total. The van der Waals surface area contributed by atoms with Gasteiger partial charge in [0, 0.05) is 24.4 Å². The van der Waals surface area contributed by atoms with E-state index in [1.165, 1.54) is 0 Å². The number of carbonyl (C=O) groups excluding carboxylic acids is 1. The predicted molar refractivity (Wildman–Crippen MR) is 107 cm³/mol. The van der Waals surface area contributed by atoms with E-state index in [4.69, 9.17) is 11.6 Å². The van der Waals surface area contributed by atoms with Crippen LogP contribution >= 0.6 is 11.6 Å². The van der Waals surface area contributed by atoms with Crippen LogP contribution in [0.25, 0.3) is 0 Å². The van der Waals surface area contributed by atoms with Gasteiger partial charge in [0.25, 0.3) is 0 Å². The van der Waals surface area contributed by atoms with Gasteiger partial charge in [0.2, 0.25) is 5.91 Å². The number of guanidine groups is 1. The Kier molecular flexibility index (Phi) is 7.67. The number of nitrogens with one attached hydrogen (secondary N) is 4. The standard InChI is InChI=1S/C19H31ClF3N5O/c1-9(2)8-24-19(26-18(29)10-3-4-13(21)15(23)5-10)25-17-11-6-14(22)12(20)7-16(11)27-28-17/h9-17,27-28H,3-8H2,1-2H3,(H2,24,25,26,29). The van der Waals surface area contributed by atoms with Crippen molar-refractivity contribution in [1.82, 2.24) is 21.5 Å². The Morgan fingerprint density at radius 2 is 1.86 bits per heavy atom. The third-order valence-corrected chi connectivity index (χ3v) is 6.40. The SMILES string of the molecule is CC(C)CN=C(NC(=O)C1CCC(F)C(F)C1)NC1NNC2CC(Cl)C(F)CC21. The molecule has 3 fully saturated rings. The molecule has 8 unspecified atom stereocenters. The summed E-state index contributed by atoms with van der Waals surface area (Å²) in [5.74, 6) is -0.481. The topological polar surface area (TPSA) is 77.5 Å². The van der Waals surface area contributed by atoms with Gasteiger partial charge in [0.05, 0.1) is 11.5 Å². The highest BCUT2D eigenvalue weighted by atomic mass is 35.5. The highest BCUT2D eigenvalue weighted by Gasteiger charge is 2.44. The van der Waals surface area contributed by atoms with Crippen LogP contribution in [0, 0.1) is 17.8 Å². The minimum atomic E-state index is -1.61. The van der Waals surface area contributed by atoms with Gasteiger partial charge in [-0.1, -0.05) is 13.8 Å². The second kappa shape index (κ2) is 9.83.